The van der Waals surface area contributed by atoms with E-state index < -0.39 is 11.4 Å². The lowest BCUT2D eigenvalue weighted by Crippen LogP contribution is -2.28. The fraction of sp³-hybridized carbons (Fsp3) is 0.600. The molecule has 0 aromatic carbocycles. The fourth-order valence-corrected chi connectivity index (χ4v) is 2.66. The van der Waals surface area contributed by atoms with E-state index in [0.717, 1.165) is 0 Å². The van der Waals surface area contributed by atoms with Gasteiger partial charge in [-0.05, 0) is 39.5 Å². The van der Waals surface area contributed by atoms with E-state index in [2.05, 4.69) is 19.9 Å². The summed E-state index contributed by atoms with van der Waals surface area (Å²) in [4.78, 5) is 54.6. The van der Waals surface area contributed by atoms with Gasteiger partial charge in [0.15, 0.2) is 0 Å². The highest BCUT2D eigenvalue weighted by Gasteiger charge is 2.16. The molecule has 168 valence electrons. The minimum absolute atomic E-state index is 0.000602. The van der Waals surface area contributed by atoms with Gasteiger partial charge < -0.3 is 9.47 Å². The second kappa shape index (κ2) is 10.7. The zero-order valence-electron chi connectivity index (χ0n) is 18.8. The van der Waals surface area contributed by atoms with Crippen LogP contribution in [0.1, 0.15) is 78.4 Å². The van der Waals surface area contributed by atoms with Gasteiger partial charge in [-0.3, -0.25) is 29.5 Å². The van der Waals surface area contributed by atoms with Crippen LogP contribution in [0, 0.1) is 0 Å². The van der Waals surface area contributed by atoms with Crippen molar-refractivity contribution in [2.75, 3.05) is 0 Å². The first-order valence-corrected chi connectivity index (χ1v) is 9.89. The second-order valence-corrected chi connectivity index (χ2v) is 7.94. The highest BCUT2D eigenvalue weighted by atomic mass is 16.5. The average molecular weight is 424 g/mol. The average Bonchev–Trinajstić information content (AvgIpc) is 2.51. The molecule has 2 aromatic rings. The van der Waals surface area contributed by atoms with Crippen LogP contribution >= 0.6 is 0 Å². The molecule has 0 aliphatic heterocycles. The predicted molar refractivity (Wildman–Crippen MR) is 115 cm³/mol. The van der Waals surface area contributed by atoms with E-state index in [-0.39, 0.29) is 46.9 Å². The molecule has 0 aliphatic carbocycles. The Balaban J connectivity index is 0.000000300. The molecule has 0 atom stereocenters. The molecule has 2 rings (SSSR count). The van der Waals surface area contributed by atoms with Crippen LogP contribution in [0.4, 0.5) is 0 Å². The Morgan fingerprint density at radius 1 is 0.533 bits per heavy atom. The van der Waals surface area contributed by atoms with Gasteiger partial charge in [0.1, 0.15) is 0 Å². The number of H-pyrrole nitrogens is 4. The van der Waals surface area contributed by atoms with E-state index in [0.29, 0.717) is 11.1 Å². The Hall–Kier alpha value is -3.04. The first kappa shape index (κ1) is 25.0. The van der Waals surface area contributed by atoms with Crippen molar-refractivity contribution in [3.05, 3.63) is 52.8 Å². The van der Waals surface area contributed by atoms with Crippen LogP contribution in [0.5, 0.6) is 11.8 Å². The number of hydrogen-bond acceptors (Lipinski definition) is 6. The van der Waals surface area contributed by atoms with E-state index in [1.165, 1.54) is 0 Å². The van der Waals surface area contributed by atoms with Gasteiger partial charge >= 0.3 is 11.4 Å². The maximum absolute atomic E-state index is 11.5. The number of nitrogens with one attached hydrogen (secondary N) is 4. The van der Waals surface area contributed by atoms with Crippen molar-refractivity contribution in [3.8, 4) is 11.8 Å². The molecule has 0 aliphatic rings. The summed E-state index contributed by atoms with van der Waals surface area (Å²) in [5.41, 5.74) is -0.902. The van der Waals surface area contributed by atoms with Crippen molar-refractivity contribution in [1.29, 1.82) is 0 Å². The summed E-state index contributed by atoms with van der Waals surface area (Å²) in [5, 5.41) is 0. The van der Waals surface area contributed by atoms with E-state index in [1.54, 1.807) is 0 Å². The van der Waals surface area contributed by atoms with Gasteiger partial charge in [0.05, 0.1) is 23.3 Å². The Morgan fingerprint density at radius 3 is 1.07 bits per heavy atom. The maximum Gasteiger partial charge on any atom is 0.328 e. The molecule has 0 bridgehead atoms. The molecule has 0 fully saturated rings. The van der Waals surface area contributed by atoms with Crippen molar-refractivity contribution >= 4 is 0 Å². The first-order chi connectivity index (χ1) is 13.8. The molecule has 10 heteroatoms. The summed E-state index contributed by atoms with van der Waals surface area (Å²) < 4.78 is 10.8. The summed E-state index contributed by atoms with van der Waals surface area (Å²) >= 11 is 0. The quantitative estimate of drug-likeness (QED) is 0.556. The van der Waals surface area contributed by atoms with Crippen molar-refractivity contribution in [2.45, 2.75) is 79.4 Å². The number of hydrogen-bond donors (Lipinski definition) is 4. The van der Waals surface area contributed by atoms with E-state index in [4.69, 9.17) is 9.47 Å². The van der Waals surface area contributed by atoms with Gasteiger partial charge in [0.25, 0.3) is 11.1 Å². The predicted octanol–water partition coefficient (Wildman–Crippen LogP) is 1.95. The topological polar surface area (TPSA) is 150 Å². The van der Waals surface area contributed by atoms with Crippen LogP contribution in [0.3, 0.4) is 0 Å². The largest absolute Gasteiger partial charge is 0.476 e. The third-order valence-corrected chi connectivity index (χ3v) is 3.75. The molecule has 0 spiro atoms. The third kappa shape index (κ3) is 7.09. The SMILES string of the molecule is CC(C)Oc1[nH]c(=O)[nH]c(=O)c1C(C)C.CC(C)Oc1[nH]c(=O)[nH]c(=O)c1C(C)C. The lowest BCUT2D eigenvalue weighted by atomic mass is 10.1. The van der Waals surface area contributed by atoms with E-state index in [1.807, 2.05) is 55.4 Å². The number of aromatic nitrogens is 4. The molecule has 0 radical (unpaired) electrons. The summed E-state index contributed by atoms with van der Waals surface area (Å²) in [6.45, 7) is 14.8. The Bertz CT molecular complexity index is 971. The Morgan fingerprint density at radius 2 is 0.833 bits per heavy atom. The standard InChI is InChI=1S/2C10H16N2O3/c2*1-5(2)7-8(13)11-10(14)12-9(7)15-6(3)4/h2*5-6H,1-4H3,(H2,11,12,13,14). The monoisotopic (exact) mass is 424 g/mol. The first-order valence-electron chi connectivity index (χ1n) is 9.89. The lowest BCUT2D eigenvalue weighted by Gasteiger charge is -2.14. The number of ether oxygens (including phenoxy) is 2. The smallest absolute Gasteiger partial charge is 0.328 e. The van der Waals surface area contributed by atoms with Crippen LogP contribution in [0.15, 0.2) is 19.2 Å². The summed E-state index contributed by atoms with van der Waals surface area (Å²) in [5.74, 6) is 0.543. The molecule has 0 saturated carbocycles. The summed E-state index contributed by atoms with van der Waals surface area (Å²) in [6, 6.07) is 0. The molecule has 10 nitrogen and oxygen atoms in total. The third-order valence-electron chi connectivity index (χ3n) is 3.75. The molecular formula is C20H32N4O6. The van der Waals surface area contributed by atoms with Crippen LogP contribution in [0.25, 0.3) is 0 Å². The Kier molecular flexibility index (Phi) is 8.88. The minimum Gasteiger partial charge on any atom is -0.476 e. The molecule has 0 unspecified atom stereocenters. The number of rotatable bonds is 6. The van der Waals surface area contributed by atoms with Crippen LogP contribution in [0.2, 0.25) is 0 Å². The van der Waals surface area contributed by atoms with Crippen molar-refractivity contribution in [3.63, 3.8) is 0 Å². The van der Waals surface area contributed by atoms with Gasteiger partial charge in [0.2, 0.25) is 11.8 Å². The molecule has 2 aromatic heterocycles. The van der Waals surface area contributed by atoms with Gasteiger partial charge in [-0.2, -0.15) is 0 Å². The van der Waals surface area contributed by atoms with Crippen LogP contribution in [-0.4, -0.2) is 32.1 Å². The van der Waals surface area contributed by atoms with Gasteiger partial charge in [0, 0.05) is 0 Å². The summed E-state index contributed by atoms with van der Waals surface area (Å²) in [6.07, 6.45) is -0.167. The van der Waals surface area contributed by atoms with Crippen molar-refractivity contribution in [1.82, 2.24) is 19.9 Å². The molecular weight excluding hydrogens is 392 g/mol. The normalized spacial score (nSPS) is 11.1. The van der Waals surface area contributed by atoms with Crippen molar-refractivity contribution in [2.24, 2.45) is 0 Å². The van der Waals surface area contributed by atoms with Gasteiger partial charge in [-0.1, -0.05) is 27.7 Å². The maximum atomic E-state index is 11.5. The van der Waals surface area contributed by atoms with Gasteiger partial charge in [-0.25, -0.2) is 9.59 Å². The molecule has 2 heterocycles. The molecule has 30 heavy (non-hydrogen) atoms. The highest BCUT2D eigenvalue weighted by molar-refractivity contribution is 5.26. The zero-order valence-corrected chi connectivity index (χ0v) is 18.8. The highest BCUT2D eigenvalue weighted by Crippen LogP contribution is 2.20. The molecule has 0 amide bonds. The van der Waals surface area contributed by atoms with Gasteiger partial charge in [-0.15, -0.1) is 0 Å². The second-order valence-electron chi connectivity index (χ2n) is 7.94. The summed E-state index contributed by atoms with van der Waals surface area (Å²) in [7, 11) is 0. The molecule has 4 N–H and O–H groups in total. The number of aromatic amines is 4. The van der Waals surface area contributed by atoms with E-state index >= 15 is 0 Å². The zero-order chi connectivity index (χ0) is 23.2. The molecule has 0 saturated heterocycles. The lowest BCUT2D eigenvalue weighted by molar-refractivity contribution is 0.227. The minimum atomic E-state index is -0.542. The van der Waals surface area contributed by atoms with Crippen LogP contribution < -0.4 is 32.0 Å². The fourth-order valence-electron chi connectivity index (χ4n) is 2.66. The van der Waals surface area contributed by atoms with E-state index in [9.17, 15) is 19.2 Å². The Labute approximate surface area is 174 Å². The van der Waals surface area contributed by atoms with Crippen LogP contribution in [-0.2, 0) is 0 Å². The van der Waals surface area contributed by atoms with Crippen molar-refractivity contribution < 1.29 is 9.47 Å².